The van der Waals surface area contributed by atoms with Crippen molar-refractivity contribution in [1.29, 1.82) is 0 Å². The zero-order valence-corrected chi connectivity index (χ0v) is 32.6. The zero-order valence-electron chi connectivity index (χ0n) is 30.8. The van der Waals surface area contributed by atoms with E-state index in [9.17, 15) is 0 Å². The van der Waals surface area contributed by atoms with Gasteiger partial charge in [-0.25, -0.2) is 9.97 Å². The highest BCUT2D eigenvalue weighted by atomic mass is 32.1. The van der Waals surface area contributed by atoms with Crippen molar-refractivity contribution >= 4 is 82.1 Å². The first kappa shape index (κ1) is 32.3. The number of hydrogen-bond donors (Lipinski definition) is 0. The predicted octanol–water partition coefficient (Wildman–Crippen LogP) is 10.6. The first-order valence-corrected chi connectivity index (χ1v) is 22.2. The van der Waals surface area contributed by atoms with Crippen LogP contribution >= 0.6 is 11.3 Å². The molecule has 0 N–H and O–H groups in total. The Balaban J connectivity index is 1.22. The quantitative estimate of drug-likeness (QED) is 0.164. The number of aromatic nitrogens is 3. The molecule has 0 fully saturated rings. The van der Waals surface area contributed by atoms with Gasteiger partial charge in [0.25, 0.3) is 0 Å². The van der Waals surface area contributed by atoms with E-state index >= 15 is 0 Å². The van der Waals surface area contributed by atoms with Gasteiger partial charge in [-0.05, 0) is 52.0 Å². The monoisotopic (exact) mass is 759 g/mol. The zero-order chi connectivity index (χ0) is 37.5. The second-order valence-corrected chi connectivity index (χ2v) is 19.7. The minimum Gasteiger partial charge on any atom is -0.309 e. The van der Waals surface area contributed by atoms with Gasteiger partial charge in [-0.1, -0.05) is 164 Å². The minimum absolute atomic E-state index is 0.739. The fraction of sp³-hybridized carbons (Fsp3) is 0. The van der Waals surface area contributed by atoms with Gasteiger partial charge in [0.05, 0.1) is 22.4 Å². The minimum atomic E-state index is -3.06. The summed E-state index contributed by atoms with van der Waals surface area (Å²) in [6, 6.07) is 73.2. The molecule has 4 heterocycles. The van der Waals surface area contributed by atoms with Crippen molar-refractivity contribution in [3.8, 4) is 39.6 Å². The fourth-order valence-electron chi connectivity index (χ4n) is 9.46. The first-order valence-electron chi connectivity index (χ1n) is 19.4. The van der Waals surface area contributed by atoms with Gasteiger partial charge in [0.15, 0.2) is 13.9 Å². The summed E-state index contributed by atoms with van der Waals surface area (Å²) in [5.41, 5.74) is 8.87. The van der Waals surface area contributed by atoms with Crippen LogP contribution in [-0.4, -0.2) is 22.6 Å². The van der Waals surface area contributed by atoms with E-state index in [-0.39, 0.29) is 0 Å². The third-order valence-corrected chi connectivity index (χ3v) is 17.8. The lowest BCUT2D eigenvalue weighted by molar-refractivity contribution is 1.18. The molecule has 266 valence electrons. The number of nitrogens with zero attached hydrogens (tertiary/aromatic N) is 3. The molecule has 0 amide bonds. The molecule has 0 saturated heterocycles. The summed E-state index contributed by atoms with van der Waals surface area (Å²) in [5, 5.41) is 10.3. The Kier molecular flexibility index (Phi) is 7.12. The standard InChI is InChI=1S/C52H33N3SSi/c1-5-17-34(18-6-1)49-51-50(54-52(53-49)35-19-7-2-8-20-35)41-30-29-36(31-48(41)57(51,37-21-9-3-10-22-37)38-23-11-4-12-24-38)55-44-27-15-13-25-39(44)42-33-47-43(32-45(42)55)40-26-14-16-28-46(40)56-47/h1-33H. The van der Waals surface area contributed by atoms with E-state index in [1.54, 1.807) is 0 Å². The lowest BCUT2D eigenvalue weighted by atomic mass is 10.1. The summed E-state index contributed by atoms with van der Waals surface area (Å²) in [7, 11) is -3.06. The number of thiophene rings is 1. The Morgan fingerprint density at radius 2 is 1.02 bits per heavy atom. The maximum atomic E-state index is 5.56. The molecule has 57 heavy (non-hydrogen) atoms. The molecule has 0 saturated carbocycles. The summed E-state index contributed by atoms with van der Waals surface area (Å²) in [6.07, 6.45) is 0. The highest BCUT2D eigenvalue weighted by molar-refractivity contribution is 7.26. The lowest BCUT2D eigenvalue weighted by Gasteiger charge is -2.32. The molecule has 0 unspecified atom stereocenters. The molecule has 8 aromatic carbocycles. The molecule has 0 radical (unpaired) electrons. The van der Waals surface area contributed by atoms with Crippen LogP contribution in [0.25, 0.3) is 81.6 Å². The van der Waals surface area contributed by atoms with Crippen molar-refractivity contribution in [2.45, 2.75) is 0 Å². The van der Waals surface area contributed by atoms with Crippen LogP contribution in [0.2, 0.25) is 0 Å². The van der Waals surface area contributed by atoms with Crippen molar-refractivity contribution in [1.82, 2.24) is 14.5 Å². The number of hydrogen-bond acceptors (Lipinski definition) is 3. The molecule has 3 aromatic heterocycles. The van der Waals surface area contributed by atoms with Gasteiger partial charge < -0.3 is 4.57 Å². The second-order valence-electron chi connectivity index (χ2n) is 14.9. The van der Waals surface area contributed by atoms with Crippen molar-refractivity contribution in [3.05, 3.63) is 200 Å². The van der Waals surface area contributed by atoms with Crippen molar-refractivity contribution in [2.24, 2.45) is 0 Å². The molecule has 0 atom stereocenters. The van der Waals surface area contributed by atoms with Crippen LogP contribution in [0.1, 0.15) is 0 Å². The smallest absolute Gasteiger partial charge is 0.185 e. The fourth-order valence-corrected chi connectivity index (χ4v) is 15.8. The van der Waals surface area contributed by atoms with E-state index in [2.05, 4.69) is 205 Å². The molecule has 1 aliphatic heterocycles. The molecule has 1 aliphatic rings. The summed E-state index contributed by atoms with van der Waals surface area (Å²) in [5.74, 6) is 0.739. The summed E-state index contributed by atoms with van der Waals surface area (Å²) in [4.78, 5) is 11.1. The van der Waals surface area contributed by atoms with Crippen LogP contribution in [0.15, 0.2) is 200 Å². The molecule has 3 nitrogen and oxygen atoms in total. The van der Waals surface area contributed by atoms with Crippen molar-refractivity contribution in [3.63, 3.8) is 0 Å². The van der Waals surface area contributed by atoms with Crippen LogP contribution in [-0.2, 0) is 0 Å². The van der Waals surface area contributed by atoms with E-state index in [4.69, 9.17) is 9.97 Å². The van der Waals surface area contributed by atoms with Gasteiger partial charge in [-0.15, -0.1) is 11.3 Å². The Bertz CT molecular complexity index is 3300. The number of rotatable bonds is 5. The summed E-state index contributed by atoms with van der Waals surface area (Å²) < 4.78 is 5.13. The normalized spacial score (nSPS) is 13.1. The average molecular weight is 760 g/mol. The Hall–Kier alpha value is -6.92. The molecular formula is C52H33N3SSi. The third-order valence-electron chi connectivity index (χ3n) is 11.9. The highest BCUT2D eigenvalue weighted by Crippen LogP contribution is 2.41. The van der Waals surface area contributed by atoms with E-state index in [0.29, 0.717) is 0 Å². The van der Waals surface area contributed by atoms with Crippen molar-refractivity contribution < 1.29 is 0 Å². The lowest BCUT2D eigenvalue weighted by Crippen LogP contribution is -2.73. The number of fused-ring (bicyclic) bond motifs is 9. The molecule has 12 rings (SSSR count). The van der Waals surface area contributed by atoms with Crippen LogP contribution in [0.5, 0.6) is 0 Å². The van der Waals surface area contributed by atoms with Gasteiger partial charge in [0.1, 0.15) is 0 Å². The third kappa shape index (κ3) is 4.70. The predicted molar refractivity (Wildman–Crippen MR) is 243 cm³/mol. The molecule has 0 bridgehead atoms. The van der Waals surface area contributed by atoms with Gasteiger partial charge in [-0.2, -0.15) is 0 Å². The molecular weight excluding hydrogens is 727 g/mol. The van der Waals surface area contributed by atoms with Gasteiger partial charge >= 0.3 is 0 Å². The van der Waals surface area contributed by atoms with Crippen LogP contribution in [0.4, 0.5) is 0 Å². The van der Waals surface area contributed by atoms with E-state index in [0.717, 1.165) is 34.0 Å². The second kappa shape index (κ2) is 12.5. The highest BCUT2D eigenvalue weighted by Gasteiger charge is 2.52. The Morgan fingerprint density at radius 1 is 0.421 bits per heavy atom. The first-order chi connectivity index (χ1) is 28.3. The molecule has 11 aromatic rings. The van der Waals surface area contributed by atoms with E-state index < -0.39 is 8.07 Å². The van der Waals surface area contributed by atoms with Gasteiger partial charge in [0, 0.05) is 58.5 Å². The van der Waals surface area contributed by atoms with Gasteiger partial charge in [-0.3, -0.25) is 0 Å². The number of para-hydroxylation sites is 1. The van der Waals surface area contributed by atoms with E-state index in [1.807, 2.05) is 11.3 Å². The summed E-state index contributed by atoms with van der Waals surface area (Å²) in [6.45, 7) is 0. The molecule has 0 spiro atoms. The van der Waals surface area contributed by atoms with Crippen LogP contribution < -0.4 is 20.7 Å². The van der Waals surface area contributed by atoms with Crippen LogP contribution in [0.3, 0.4) is 0 Å². The SMILES string of the molecule is c1ccc(-c2nc(-c3ccccc3)c3c(n2)-c2ccc(-n4c5ccccc5c5cc6sc7ccccc7c6cc54)cc2[Si]3(c2ccccc2)c2ccccc2)cc1. The van der Waals surface area contributed by atoms with Gasteiger partial charge in [0.2, 0.25) is 0 Å². The molecule has 0 aliphatic carbocycles. The molecule has 5 heteroatoms. The van der Waals surface area contributed by atoms with Crippen LogP contribution in [0, 0.1) is 0 Å². The van der Waals surface area contributed by atoms with E-state index in [1.165, 1.54) is 68.3 Å². The number of benzene rings is 8. The maximum Gasteiger partial charge on any atom is 0.185 e. The Morgan fingerprint density at radius 3 is 1.74 bits per heavy atom. The maximum absolute atomic E-state index is 5.56. The summed E-state index contributed by atoms with van der Waals surface area (Å²) >= 11 is 1.88. The van der Waals surface area contributed by atoms with Crippen molar-refractivity contribution in [2.75, 3.05) is 0 Å². The largest absolute Gasteiger partial charge is 0.309 e. The topological polar surface area (TPSA) is 30.7 Å². The average Bonchev–Trinajstić information content (AvgIpc) is 3.92. The Labute approximate surface area is 334 Å².